The number of anilines is 1. The van der Waals surface area contributed by atoms with Gasteiger partial charge in [-0.3, -0.25) is 4.57 Å². The molecule has 11 rings (SSSR count). The highest BCUT2D eigenvalue weighted by atomic mass is 15.3. The van der Waals surface area contributed by atoms with E-state index >= 15 is 0 Å². The van der Waals surface area contributed by atoms with Gasteiger partial charge in [0.1, 0.15) is 5.82 Å². The van der Waals surface area contributed by atoms with Crippen LogP contribution in [0.3, 0.4) is 0 Å². The molecular weight excluding hydrogens is 705 g/mol. The van der Waals surface area contributed by atoms with Crippen molar-refractivity contribution in [3.05, 3.63) is 218 Å². The van der Waals surface area contributed by atoms with E-state index in [0.29, 0.717) is 0 Å². The zero-order valence-electron chi connectivity index (χ0n) is 31.6. The lowest BCUT2D eigenvalue weighted by atomic mass is 9.77. The Morgan fingerprint density at radius 2 is 0.845 bits per heavy atom. The van der Waals surface area contributed by atoms with Gasteiger partial charge in [0.05, 0.1) is 6.20 Å². The predicted octanol–water partition coefficient (Wildman–Crippen LogP) is 13.6. The minimum atomic E-state index is -0.288. The van der Waals surface area contributed by atoms with E-state index < -0.39 is 0 Å². The summed E-state index contributed by atoms with van der Waals surface area (Å²) in [6.07, 6.45) is 5.64. The molecule has 0 radical (unpaired) electrons. The lowest BCUT2D eigenvalue weighted by Gasteiger charge is -2.29. The fraction of sp³-hybridized carbons (Fsp3) is 0.0185. The Labute approximate surface area is 338 Å². The summed E-state index contributed by atoms with van der Waals surface area (Å²) in [7, 11) is 0. The molecular formula is C54H36N4. The summed E-state index contributed by atoms with van der Waals surface area (Å²) in [5, 5.41) is 0. The third kappa shape index (κ3) is 5.63. The molecule has 0 saturated carbocycles. The third-order valence-corrected chi connectivity index (χ3v) is 11.4. The van der Waals surface area contributed by atoms with Gasteiger partial charge >= 0.3 is 0 Å². The molecule has 9 aromatic rings. The number of para-hydroxylation sites is 2. The van der Waals surface area contributed by atoms with Crippen LogP contribution in [-0.2, 0) is 0 Å². The Bertz CT molecular complexity index is 3030. The summed E-state index contributed by atoms with van der Waals surface area (Å²) in [5.74, 6) is 4.11. The molecule has 1 aliphatic carbocycles. The minimum Gasteiger partial charge on any atom is -0.312 e. The van der Waals surface area contributed by atoms with Crippen LogP contribution in [0.4, 0.5) is 5.69 Å². The van der Waals surface area contributed by atoms with Crippen LogP contribution >= 0.6 is 0 Å². The molecule has 1 aromatic heterocycles. The standard InChI is InChI=1S/C54H36N4/c1-5-17-37(18-6-1)45-33-47-41-25-13-15-27-43(41)50-36-52(54-56-30-32-58(54)40-23-11-4-12-24-40)46(38-19-7-2-8-20-38)34-48(50)42-26-14-16-28-44(42)49(47)35-51(45)53-55-29-31-57(53)39-21-9-3-10-22-39/h1-29,31-36,54H. The number of fused-ring (bicyclic) bond motifs is 8. The van der Waals surface area contributed by atoms with Crippen molar-refractivity contribution < 1.29 is 0 Å². The van der Waals surface area contributed by atoms with Gasteiger partial charge in [0, 0.05) is 40.8 Å². The first-order valence-electron chi connectivity index (χ1n) is 19.7. The van der Waals surface area contributed by atoms with Crippen molar-refractivity contribution in [2.75, 3.05) is 4.90 Å². The molecule has 0 spiro atoms. The first kappa shape index (κ1) is 33.5. The molecule has 0 bridgehead atoms. The minimum absolute atomic E-state index is 0.288. The van der Waals surface area contributed by atoms with E-state index in [0.717, 1.165) is 56.1 Å². The van der Waals surface area contributed by atoms with Gasteiger partial charge in [0.25, 0.3) is 0 Å². The molecule has 4 heteroatoms. The second-order valence-corrected chi connectivity index (χ2v) is 14.7. The van der Waals surface area contributed by atoms with Gasteiger partial charge in [-0.25, -0.2) is 9.98 Å². The largest absolute Gasteiger partial charge is 0.312 e. The molecule has 1 aliphatic heterocycles. The van der Waals surface area contributed by atoms with Crippen LogP contribution in [0.5, 0.6) is 0 Å². The fourth-order valence-electron chi connectivity index (χ4n) is 8.77. The van der Waals surface area contributed by atoms with Crippen molar-refractivity contribution in [2.45, 2.75) is 6.17 Å². The molecule has 4 nitrogen and oxygen atoms in total. The smallest absolute Gasteiger partial charge is 0.161 e. The molecule has 0 N–H and O–H groups in total. The number of aromatic nitrogens is 2. The Balaban J connectivity index is 1.21. The summed E-state index contributed by atoms with van der Waals surface area (Å²) in [4.78, 5) is 12.3. The second kappa shape index (κ2) is 14.1. The molecule has 0 saturated heterocycles. The second-order valence-electron chi connectivity index (χ2n) is 14.7. The lowest BCUT2D eigenvalue weighted by Crippen LogP contribution is -2.19. The fourth-order valence-corrected chi connectivity index (χ4v) is 8.77. The number of hydrogen-bond acceptors (Lipinski definition) is 3. The topological polar surface area (TPSA) is 33.4 Å². The number of imidazole rings is 1. The summed E-state index contributed by atoms with van der Waals surface area (Å²) in [5.41, 5.74) is 18.3. The first-order chi connectivity index (χ1) is 28.8. The molecule has 272 valence electrons. The van der Waals surface area contributed by atoms with Crippen molar-refractivity contribution in [3.8, 4) is 83.8 Å². The van der Waals surface area contributed by atoms with E-state index in [-0.39, 0.29) is 6.17 Å². The average molecular weight is 741 g/mol. The van der Waals surface area contributed by atoms with Crippen molar-refractivity contribution in [1.29, 1.82) is 0 Å². The Morgan fingerprint density at radius 3 is 1.41 bits per heavy atom. The predicted molar refractivity (Wildman–Crippen MR) is 239 cm³/mol. The SMILES string of the molecule is C1=CN(c2ccccc2)C(c2cc3c(cc2-c2ccccc2)-c2ccccc2-c2cc(-c4nccn4-c4ccccc4)c(-c4ccccc4)cc2-c2ccccc2-3)N=1. The van der Waals surface area contributed by atoms with Crippen LogP contribution in [-0.4, -0.2) is 15.4 Å². The van der Waals surface area contributed by atoms with E-state index in [4.69, 9.17) is 9.98 Å². The van der Waals surface area contributed by atoms with E-state index in [9.17, 15) is 0 Å². The summed E-state index contributed by atoms with van der Waals surface area (Å²) in [6, 6.07) is 69.7. The maximum Gasteiger partial charge on any atom is 0.161 e. The van der Waals surface area contributed by atoms with E-state index in [2.05, 4.69) is 216 Å². The molecule has 8 aromatic carbocycles. The monoisotopic (exact) mass is 740 g/mol. The van der Waals surface area contributed by atoms with Crippen LogP contribution in [0.15, 0.2) is 218 Å². The molecule has 0 amide bonds. The van der Waals surface area contributed by atoms with E-state index in [1.807, 2.05) is 12.4 Å². The molecule has 2 aliphatic rings. The highest BCUT2D eigenvalue weighted by molar-refractivity contribution is 6.06. The van der Waals surface area contributed by atoms with Crippen molar-refractivity contribution in [2.24, 2.45) is 4.99 Å². The maximum atomic E-state index is 5.04. The van der Waals surface area contributed by atoms with Gasteiger partial charge < -0.3 is 4.90 Å². The highest BCUT2D eigenvalue weighted by Crippen LogP contribution is 2.52. The van der Waals surface area contributed by atoms with Crippen molar-refractivity contribution in [1.82, 2.24) is 9.55 Å². The van der Waals surface area contributed by atoms with Crippen molar-refractivity contribution >= 4 is 11.6 Å². The molecule has 1 unspecified atom stereocenters. The number of aliphatic imine (C=N–C) groups is 1. The summed E-state index contributed by atoms with van der Waals surface area (Å²) in [6.45, 7) is 0. The lowest BCUT2D eigenvalue weighted by molar-refractivity contribution is 0.760. The Morgan fingerprint density at radius 1 is 0.397 bits per heavy atom. The van der Waals surface area contributed by atoms with Crippen LogP contribution < -0.4 is 4.90 Å². The highest BCUT2D eigenvalue weighted by Gasteiger charge is 2.30. The average Bonchev–Trinajstić information content (AvgIpc) is 4.00. The van der Waals surface area contributed by atoms with Gasteiger partial charge in [0.2, 0.25) is 0 Å². The van der Waals surface area contributed by atoms with Crippen LogP contribution in [0.1, 0.15) is 11.7 Å². The Hall–Kier alpha value is -7.78. The zero-order chi connectivity index (χ0) is 38.4. The van der Waals surface area contributed by atoms with Gasteiger partial charge in [0.15, 0.2) is 6.17 Å². The number of benzene rings is 8. The Kier molecular flexibility index (Phi) is 8.13. The van der Waals surface area contributed by atoms with Crippen LogP contribution in [0, 0.1) is 0 Å². The third-order valence-electron chi connectivity index (χ3n) is 11.4. The normalized spacial score (nSPS) is 13.6. The first-order valence-corrected chi connectivity index (χ1v) is 19.7. The van der Waals surface area contributed by atoms with Crippen molar-refractivity contribution in [3.63, 3.8) is 0 Å². The van der Waals surface area contributed by atoms with E-state index in [1.54, 1.807) is 0 Å². The summed E-state index contributed by atoms with van der Waals surface area (Å²) >= 11 is 0. The van der Waals surface area contributed by atoms with E-state index in [1.165, 1.54) is 38.9 Å². The van der Waals surface area contributed by atoms with Gasteiger partial charge in [-0.2, -0.15) is 0 Å². The number of rotatable bonds is 6. The number of hydrogen-bond donors (Lipinski definition) is 0. The molecule has 2 heterocycles. The van der Waals surface area contributed by atoms with Gasteiger partial charge in [-0.1, -0.05) is 146 Å². The molecule has 0 fully saturated rings. The van der Waals surface area contributed by atoms with Gasteiger partial charge in [-0.15, -0.1) is 0 Å². The zero-order valence-corrected chi connectivity index (χ0v) is 31.6. The number of nitrogens with zero attached hydrogens (tertiary/aromatic N) is 4. The summed E-state index contributed by atoms with van der Waals surface area (Å²) < 4.78 is 2.19. The van der Waals surface area contributed by atoms with Crippen LogP contribution in [0.2, 0.25) is 0 Å². The van der Waals surface area contributed by atoms with Gasteiger partial charge in [-0.05, 0) is 115 Å². The maximum absolute atomic E-state index is 5.04. The molecule has 1 atom stereocenters. The van der Waals surface area contributed by atoms with Crippen LogP contribution in [0.25, 0.3) is 83.8 Å². The molecule has 58 heavy (non-hydrogen) atoms. The quantitative estimate of drug-likeness (QED) is 0.170.